The van der Waals surface area contributed by atoms with Crippen LogP contribution in [0.2, 0.25) is 0 Å². The van der Waals surface area contributed by atoms with Gasteiger partial charge in [-0.25, -0.2) is 0 Å². The molecule has 1 aromatic heterocycles. The maximum absolute atomic E-state index is 4.54. The summed E-state index contributed by atoms with van der Waals surface area (Å²) < 4.78 is 4.54. The lowest BCUT2D eigenvalue weighted by molar-refractivity contribution is 0.426. The molecule has 0 aliphatic carbocycles. The van der Waals surface area contributed by atoms with Crippen LogP contribution >= 0.6 is 0 Å². The number of hydrogen-bond donors (Lipinski definition) is 0. The van der Waals surface area contributed by atoms with Crippen molar-refractivity contribution < 1.29 is 4.52 Å². The van der Waals surface area contributed by atoms with Crippen molar-refractivity contribution in [1.82, 2.24) is 15.0 Å². The molecule has 0 atom stereocenters. The van der Waals surface area contributed by atoms with E-state index in [9.17, 15) is 0 Å². The fourth-order valence-corrected chi connectivity index (χ4v) is 0.362. The van der Waals surface area contributed by atoms with Crippen molar-refractivity contribution in [1.29, 1.82) is 0 Å². The smallest absolute Gasteiger partial charge is 0.349 e. The second-order valence-electron chi connectivity index (χ2n) is 1.89. The van der Waals surface area contributed by atoms with Gasteiger partial charge in [0, 0.05) is 14.1 Å². The van der Waals surface area contributed by atoms with Crippen molar-refractivity contribution in [2.24, 2.45) is 4.99 Å². The van der Waals surface area contributed by atoms with E-state index in [4.69, 9.17) is 0 Å². The Balaban J connectivity index is 2.55. The lowest BCUT2D eigenvalue weighted by atomic mass is 10.9. The van der Waals surface area contributed by atoms with E-state index in [2.05, 4.69) is 26.0 Å². The molecule has 0 aliphatic rings. The summed E-state index contributed by atoms with van der Waals surface area (Å²) in [5.41, 5.74) is 0. The first-order chi connectivity index (χ1) is 4.79. The van der Waals surface area contributed by atoms with Gasteiger partial charge in [-0.15, -0.1) is 0 Å². The first-order valence-electron chi connectivity index (χ1n) is 2.69. The van der Waals surface area contributed by atoms with Crippen molar-refractivity contribution in [2.45, 2.75) is 0 Å². The van der Waals surface area contributed by atoms with Crippen molar-refractivity contribution in [3.63, 3.8) is 0 Å². The van der Waals surface area contributed by atoms with Gasteiger partial charge in [0.05, 0.1) is 6.34 Å². The molecule has 1 heterocycles. The maximum atomic E-state index is 4.54. The zero-order valence-electron chi connectivity index (χ0n) is 5.77. The van der Waals surface area contributed by atoms with Crippen molar-refractivity contribution >= 4 is 12.4 Å². The second-order valence-corrected chi connectivity index (χ2v) is 1.89. The van der Waals surface area contributed by atoms with Gasteiger partial charge in [0.2, 0.25) is 6.33 Å². The molecule has 0 amide bonds. The van der Waals surface area contributed by atoms with Crippen LogP contribution in [0.15, 0.2) is 9.52 Å². The average molecular weight is 139 g/mol. The standard InChI is InChI=1S/C5H7N4O/c1-9(2)4-7-5-6-3-8-10-5/h4H,1-2H3/b7-4+. The van der Waals surface area contributed by atoms with Gasteiger partial charge in [-0.2, -0.15) is 9.98 Å². The van der Waals surface area contributed by atoms with Crippen molar-refractivity contribution in [3.8, 4) is 0 Å². The van der Waals surface area contributed by atoms with E-state index < -0.39 is 0 Å². The van der Waals surface area contributed by atoms with Gasteiger partial charge in [0.1, 0.15) is 0 Å². The molecule has 0 aliphatic heterocycles. The minimum absolute atomic E-state index is 0.216. The van der Waals surface area contributed by atoms with Crippen LogP contribution in [0.5, 0.6) is 0 Å². The van der Waals surface area contributed by atoms with Crippen LogP contribution in [0.4, 0.5) is 6.01 Å². The average Bonchev–Trinajstić information content (AvgIpc) is 2.34. The summed E-state index contributed by atoms with van der Waals surface area (Å²) in [5.74, 6) is 0. The molecule has 10 heavy (non-hydrogen) atoms. The fourth-order valence-electron chi connectivity index (χ4n) is 0.362. The first kappa shape index (κ1) is 6.73. The normalized spacial score (nSPS) is 10.6. The van der Waals surface area contributed by atoms with Gasteiger partial charge in [-0.05, 0) is 0 Å². The predicted octanol–water partition coefficient (Wildman–Crippen LogP) is 0.0912. The van der Waals surface area contributed by atoms with Crippen LogP contribution in [0, 0.1) is 6.33 Å². The van der Waals surface area contributed by atoms with E-state index in [-0.39, 0.29) is 6.01 Å². The Bertz CT molecular complexity index is 203. The topological polar surface area (TPSA) is 54.5 Å². The Kier molecular flexibility index (Phi) is 1.99. The highest BCUT2D eigenvalue weighted by atomic mass is 16.5. The minimum Gasteiger partial charge on any atom is -0.369 e. The van der Waals surface area contributed by atoms with Gasteiger partial charge in [-0.3, -0.25) is 0 Å². The van der Waals surface area contributed by atoms with Gasteiger partial charge in [0.25, 0.3) is 0 Å². The molecule has 5 nitrogen and oxygen atoms in total. The highest BCUT2D eigenvalue weighted by Crippen LogP contribution is 2.00. The van der Waals surface area contributed by atoms with E-state index in [1.165, 1.54) is 0 Å². The molecule has 5 heteroatoms. The number of aromatic nitrogens is 2. The second kappa shape index (κ2) is 2.95. The molecule has 1 radical (unpaired) electrons. The van der Waals surface area contributed by atoms with Crippen LogP contribution in [-0.2, 0) is 0 Å². The lowest BCUT2D eigenvalue weighted by Gasteiger charge is -1.98. The molecule has 0 saturated carbocycles. The molecule has 0 unspecified atom stereocenters. The Morgan fingerprint density at radius 1 is 1.70 bits per heavy atom. The zero-order chi connectivity index (χ0) is 7.40. The van der Waals surface area contributed by atoms with E-state index in [0.717, 1.165) is 0 Å². The zero-order valence-corrected chi connectivity index (χ0v) is 5.77. The Morgan fingerprint density at radius 3 is 3.00 bits per heavy atom. The summed E-state index contributed by atoms with van der Waals surface area (Å²) >= 11 is 0. The van der Waals surface area contributed by atoms with E-state index in [1.54, 1.807) is 11.2 Å². The van der Waals surface area contributed by atoms with Crippen LogP contribution < -0.4 is 0 Å². The summed E-state index contributed by atoms with van der Waals surface area (Å²) in [7, 11) is 3.70. The minimum atomic E-state index is 0.216. The van der Waals surface area contributed by atoms with Gasteiger partial charge in [-0.1, -0.05) is 5.16 Å². The Labute approximate surface area is 58.4 Å². The third kappa shape index (κ3) is 1.85. The summed E-state index contributed by atoms with van der Waals surface area (Å²) in [5, 5.41) is 3.26. The maximum Gasteiger partial charge on any atom is 0.349 e. The SMILES string of the molecule is CN(C)/C=N/c1n[c]no1. The fraction of sp³-hybridized carbons (Fsp3) is 0.400. The molecular weight excluding hydrogens is 132 g/mol. The Hall–Kier alpha value is -1.39. The molecule has 0 fully saturated rings. The molecular formula is C5H7N4O. The summed E-state index contributed by atoms with van der Waals surface area (Å²) in [6.45, 7) is 0. The van der Waals surface area contributed by atoms with Crippen LogP contribution in [0.3, 0.4) is 0 Å². The highest BCUT2D eigenvalue weighted by molar-refractivity contribution is 5.56. The quantitative estimate of drug-likeness (QED) is 0.430. The van der Waals surface area contributed by atoms with Crippen LogP contribution in [-0.4, -0.2) is 35.5 Å². The summed E-state index contributed by atoms with van der Waals surface area (Å²) in [4.78, 5) is 9.12. The predicted molar refractivity (Wildman–Crippen MR) is 35.0 cm³/mol. The number of hydrogen-bond acceptors (Lipinski definition) is 4. The monoisotopic (exact) mass is 139 g/mol. The van der Waals surface area contributed by atoms with Gasteiger partial charge in [0.15, 0.2) is 0 Å². The largest absolute Gasteiger partial charge is 0.369 e. The number of rotatable bonds is 2. The van der Waals surface area contributed by atoms with Gasteiger partial charge < -0.3 is 9.42 Å². The molecule has 0 spiro atoms. The van der Waals surface area contributed by atoms with Crippen LogP contribution in [0.1, 0.15) is 0 Å². The van der Waals surface area contributed by atoms with Crippen molar-refractivity contribution in [3.05, 3.63) is 6.33 Å². The van der Waals surface area contributed by atoms with E-state index >= 15 is 0 Å². The summed E-state index contributed by atoms with van der Waals surface area (Å²) in [6, 6.07) is 0.216. The molecule has 0 N–H and O–H groups in total. The van der Waals surface area contributed by atoms with E-state index in [0.29, 0.717) is 0 Å². The number of nitrogens with zero attached hydrogens (tertiary/aromatic N) is 4. The Morgan fingerprint density at radius 2 is 2.50 bits per heavy atom. The molecule has 1 aromatic rings. The molecule has 53 valence electrons. The third-order valence-electron chi connectivity index (χ3n) is 0.713. The number of aliphatic imine (C=N–C) groups is 1. The molecule has 0 saturated heterocycles. The van der Waals surface area contributed by atoms with E-state index in [1.807, 2.05) is 14.1 Å². The molecule has 1 rings (SSSR count). The third-order valence-corrected chi connectivity index (χ3v) is 0.713. The highest BCUT2D eigenvalue weighted by Gasteiger charge is 1.91. The van der Waals surface area contributed by atoms with Crippen molar-refractivity contribution in [2.75, 3.05) is 14.1 Å². The van der Waals surface area contributed by atoms with Gasteiger partial charge >= 0.3 is 6.01 Å². The molecule has 0 bridgehead atoms. The van der Waals surface area contributed by atoms with Crippen LogP contribution in [0.25, 0.3) is 0 Å². The summed E-state index contributed by atoms with van der Waals surface area (Å²) in [6.07, 6.45) is 3.83. The first-order valence-corrected chi connectivity index (χ1v) is 2.69. The molecule has 0 aromatic carbocycles. The lowest BCUT2D eigenvalue weighted by Crippen LogP contribution is -2.06.